The average Bonchev–Trinajstić information content (AvgIpc) is 2.35. The van der Waals surface area contributed by atoms with Gasteiger partial charge in [0, 0.05) is 29.5 Å². The zero-order valence-corrected chi connectivity index (χ0v) is 14.1. The predicted octanol–water partition coefficient (Wildman–Crippen LogP) is 4.57. The highest BCUT2D eigenvalue weighted by atomic mass is 16.1. The molecule has 1 fully saturated rings. The number of nitrogens with zero attached hydrogens (tertiary/aromatic N) is 1. The van der Waals surface area contributed by atoms with Crippen molar-refractivity contribution >= 4 is 5.78 Å². The molecule has 0 N–H and O–H groups in total. The third-order valence-corrected chi connectivity index (χ3v) is 5.30. The number of piperidine rings is 1. The molecule has 0 atom stereocenters. The van der Waals surface area contributed by atoms with E-state index >= 15 is 0 Å². The van der Waals surface area contributed by atoms with Gasteiger partial charge < -0.3 is 0 Å². The summed E-state index contributed by atoms with van der Waals surface area (Å²) in [6, 6.07) is 0. The number of Topliss-reactive ketones (excluding diaryl/α,β-unsaturated/α-hetero) is 1. The van der Waals surface area contributed by atoms with Crippen molar-refractivity contribution in [3.63, 3.8) is 0 Å². The molecule has 1 heterocycles. The Kier molecular flexibility index (Phi) is 4.88. The minimum absolute atomic E-state index is 0.0552. The van der Waals surface area contributed by atoms with E-state index in [9.17, 15) is 4.79 Å². The van der Waals surface area contributed by atoms with E-state index in [4.69, 9.17) is 0 Å². The number of carbonyl (C=O) groups is 1. The van der Waals surface area contributed by atoms with Crippen LogP contribution in [0.25, 0.3) is 0 Å². The van der Waals surface area contributed by atoms with Gasteiger partial charge in [0.1, 0.15) is 5.78 Å². The largest absolute Gasteiger partial charge is 0.300 e. The van der Waals surface area contributed by atoms with Crippen molar-refractivity contribution in [1.82, 2.24) is 4.90 Å². The van der Waals surface area contributed by atoms with Crippen LogP contribution in [0.2, 0.25) is 0 Å². The topological polar surface area (TPSA) is 20.3 Å². The smallest absolute Gasteiger partial charge is 0.136 e. The van der Waals surface area contributed by atoms with E-state index in [1.54, 1.807) is 0 Å². The second-order valence-corrected chi connectivity index (χ2v) is 7.26. The standard InChI is InChI=1S/C17H33NO/c1-8-16(9-2)12-14(19)13-17(10-3,11-4)18(16)15(5,6)7/h8-13H2,1-7H3. The van der Waals surface area contributed by atoms with Crippen LogP contribution < -0.4 is 0 Å². The zero-order chi connectivity index (χ0) is 14.9. The van der Waals surface area contributed by atoms with E-state index in [0.29, 0.717) is 5.78 Å². The summed E-state index contributed by atoms with van der Waals surface area (Å²) >= 11 is 0. The minimum atomic E-state index is 0.0552. The van der Waals surface area contributed by atoms with Crippen molar-refractivity contribution in [2.75, 3.05) is 0 Å². The van der Waals surface area contributed by atoms with E-state index < -0.39 is 0 Å². The van der Waals surface area contributed by atoms with E-state index in [0.717, 1.165) is 38.5 Å². The van der Waals surface area contributed by atoms with Gasteiger partial charge >= 0.3 is 0 Å². The summed E-state index contributed by atoms with van der Waals surface area (Å²) in [4.78, 5) is 15.1. The van der Waals surface area contributed by atoms with Gasteiger partial charge in [0.25, 0.3) is 0 Å². The van der Waals surface area contributed by atoms with Gasteiger partial charge in [0.2, 0.25) is 0 Å². The molecule has 1 aliphatic rings. The van der Waals surface area contributed by atoms with Crippen molar-refractivity contribution in [3.8, 4) is 0 Å². The number of carbonyl (C=O) groups excluding carboxylic acids is 1. The lowest BCUT2D eigenvalue weighted by Gasteiger charge is -2.62. The van der Waals surface area contributed by atoms with Crippen LogP contribution >= 0.6 is 0 Å². The van der Waals surface area contributed by atoms with Gasteiger partial charge in [-0.25, -0.2) is 0 Å². The van der Waals surface area contributed by atoms with Gasteiger partial charge in [0.15, 0.2) is 0 Å². The monoisotopic (exact) mass is 267 g/mol. The number of ketones is 1. The van der Waals surface area contributed by atoms with Crippen molar-refractivity contribution in [2.45, 2.75) is 104 Å². The lowest BCUT2D eigenvalue weighted by molar-refractivity contribution is -0.155. The molecule has 0 aromatic rings. The summed E-state index contributed by atoms with van der Waals surface area (Å²) in [5.41, 5.74) is 0.220. The molecule has 0 saturated carbocycles. The van der Waals surface area contributed by atoms with Crippen molar-refractivity contribution < 1.29 is 4.79 Å². The van der Waals surface area contributed by atoms with E-state index in [2.05, 4.69) is 53.4 Å². The fourth-order valence-electron chi connectivity index (χ4n) is 4.51. The first kappa shape index (κ1) is 16.7. The molecule has 0 aromatic carbocycles. The van der Waals surface area contributed by atoms with Crippen LogP contribution in [0.15, 0.2) is 0 Å². The highest BCUT2D eigenvalue weighted by Gasteiger charge is 2.54. The van der Waals surface area contributed by atoms with E-state index in [1.807, 2.05) is 0 Å². The molecule has 2 heteroatoms. The third-order valence-electron chi connectivity index (χ3n) is 5.30. The van der Waals surface area contributed by atoms with Crippen LogP contribution in [0.5, 0.6) is 0 Å². The molecule has 0 unspecified atom stereocenters. The fourth-order valence-corrected chi connectivity index (χ4v) is 4.51. The molecule has 1 saturated heterocycles. The Hall–Kier alpha value is -0.370. The molecule has 0 aliphatic carbocycles. The quantitative estimate of drug-likeness (QED) is 0.744. The van der Waals surface area contributed by atoms with Gasteiger partial charge in [-0.15, -0.1) is 0 Å². The highest BCUT2D eigenvalue weighted by Crippen LogP contribution is 2.48. The van der Waals surface area contributed by atoms with Gasteiger partial charge in [-0.3, -0.25) is 9.69 Å². The van der Waals surface area contributed by atoms with Crippen LogP contribution in [0.3, 0.4) is 0 Å². The number of hydrogen-bond acceptors (Lipinski definition) is 2. The van der Waals surface area contributed by atoms with Crippen LogP contribution in [0.1, 0.15) is 87.0 Å². The molecule has 1 aliphatic heterocycles. The van der Waals surface area contributed by atoms with Crippen molar-refractivity contribution in [3.05, 3.63) is 0 Å². The maximum atomic E-state index is 12.4. The Morgan fingerprint density at radius 2 is 1.21 bits per heavy atom. The fraction of sp³-hybridized carbons (Fsp3) is 0.941. The number of likely N-dealkylation sites (tertiary alicyclic amines) is 1. The SMILES string of the molecule is CCC1(CC)CC(=O)CC(CC)(CC)N1C(C)(C)C. The first-order valence-electron chi connectivity index (χ1n) is 8.03. The molecule has 0 spiro atoms. The maximum Gasteiger partial charge on any atom is 0.136 e. The van der Waals surface area contributed by atoms with Gasteiger partial charge in [-0.1, -0.05) is 27.7 Å². The Morgan fingerprint density at radius 3 is 1.42 bits per heavy atom. The lowest BCUT2D eigenvalue weighted by atomic mass is 9.68. The van der Waals surface area contributed by atoms with Crippen LogP contribution in [-0.4, -0.2) is 27.3 Å². The molecule has 112 valence electrons. The lowest BCUT2D eigenvalue weighted by Crippen LogP contribution is -2.70. The molecule has 0 amide bonds. The Balaban J connectivity index is 3.41. The summed E-state index contributed by atoms with van der Waals surface area (Å²) in [7, 11) is 0. The molecule has 0 radical (unpaired) electrons. The summed E-state index contributed by atoms with van der Waals surface area (Å²) < 4.78 is 0. The van der Waals surface area contributed by atoms with Crippen molar-refractivity contribution in [2.24, 2.45) is 0 Å². The summed E-state index contributed by atoms with van der Waals surface area (Å²) in [6.07, 6.45) is 5.73. The average molecular weight is 267 g/mol. The third kappa shape index (κ3) is 2.74. The summed E-state index contributed by atoms with van der Waals surface area (Å²) in [5, 5.41) is 0. The van der Waals surface area contributed by atoms with Gasteiger partial charge in [0.05, 0.1) is 0 Å². The second kappa shape index (κ2) is 5.55. The zero-order valence-electron chi connectivity index (χ0n) is 14.1. The molecule has 1 rings (SSSR count). The van der Waals surface area contributed by atoms with Gasteiger partial charge in [-0.2, -0.15) is 0 Å². The van der Waals surface area contributed by atoms with Gasteiger partial charge in [-0.05, 0) is 46.5 Å². The van der Waals surface area contributed by atoms with Crippen LogP contribution in [0, 0.1) is 0 Å². The molecule has 0 aromatic heterocycles. The van der Waals surface area contributed by atoms with E-state index in [1.165, 1.54) is 0 Å². The molecule has 2 nitrogen and oxygen atoms in total. The number of hydrogen-bond donors (Lipinski definition) is 0. The molecular formula is C17H33NO. The maximum absolute atomic E-state index is 12.4. The second-order valence-electron chi connectivity index (χ2n) is 7.26. The summed E-state index contributed by atoms with van der Waals surface area (Å²) in [6.45, 7) is 15.9. The first-order valence-corrected chi connectivity index (χ1v) is 8.03. The molecular weight excluding hydrogens is 234 g/mol. The molecule has 19 heavy (non-hydrogen) atoms. The van der Waals surface area contributed by atoms with Crippen molar-refractivity contribution in [1.29, 1.82) is 0 Å². The first-order chi connectivity index (χ1) is 8.71. The normalized spacial score (nSPS) is 23.6. The Labute approximate surface area is 119 Å². The predicted molar refractivity (Wildman–Crippen MR) is 82.5 cm³/mol. The van der Waals surface area contributed by atoms with Crippen LogP contribution in [-0.2, 0) is 4.79 Å². The van der Waals surface area contributed by atoms with E-state index in [-0.39, 0.29) is 16.6 Å². The Bertz CT molecular complexity index is 295. The summed E-state index contributed by atoms with van der Waals surface area (Å²) in [5.74, 6) is 0.466. The highest BCUT2D eigenvalue weighted by molar-refractivity contribution is 5.82. The Morgan fingerprint density at radius 1 is 0.895 bits per heavy atom. The number of rotatable bonds is 4. The van der Waals surface area contributed by atoms with Crippen LogP contribution in [0.4, 0.5) is 0 Å². The molecule has 0 bridgehead atoms. The minimum Gasteiger partial charge on any atom is -0.300 e.